The lowest BCUT2D eigenvalue weighted by molar-refractivity contribution is 0.565. The summed E-state index contributed by atoms with van der Waals surface area (Å²) in [5.41, 5.74) is 7.36. The zero-order chi connectivity index (χ0) is 10.6. The van der Waals surface area contributed by atoms with Crippen molar-refractivity contribution in [1.82, 2.24) is 0 Å². The first-order valence-corrected chi connectivity index (χ1v) is 4.77. The predicted molar refractivity (Wildman–Crippen MR) is 64.7 cm³/mol. The summed E-state index contributed by atoms with van der Waals surface area (Å²) in [4.78, 5) is 0. The minimum atomic E-state index is -0.228. The van der Waals surface area contributed by atoms with Gasteiger partial charge >= 0.3 is 0 Å². The number of nitrogens with two attached hydrogens (primary N) is 1. The molecule has 3 heteroatoms. The van der Waals surface area contributed by atoms with Crippen molar-refractivity contribution < 1.29 is 4.39 Å². The molecule has 1 nitrogen and oxygen atoms in total. The second-order valence-corrected chi connectivity index (χ2v) is 3.50. The highest BCUT2D eigenvalue weighted by Gasteiger charge is 2.09. The maximum atomic E-state index is 13.4. The van der Waals surface area contributed by atoms with Gasteiger partial charge in [0.15, 0.2) is 0 Å². The van der Waals surface area contributed by atoms with Crippen LogP contribution in [0.4, 0.5) is 4.39 Å². The number of allylic oxidation sites excluding steroid dienone is 1. The van der Waals surface area contributed by atoms with Crippen LogP contribution in [0.5, 0.6) is 0 Å². The summed E-state index contributed by atoms with van der Waals surface area (Å²) in [6.07, 6.45) is 3.35. The Morgan fingerprint density at radius 2 is 2.20 bits per heavy atom. The fourth-order valence-electron chi connectivity index (χ4n) is 1.39. The molecule has 1 atom stereocenters. The van der Waals surface area contributed by atoms with E-state index >= 15 is 0 Å². The molecule has 0 heterocycles. The van der Waals surface area contributed by atoms with Crippen LogP contribution in [0.25, 0.3) is 0 Å². The van der Waals surface area contributed by atoms with Crippen LogP contribution in [0.1, 0.15) is 30.0 Å². The molecule has 1 rings (SSSR count). The van der Waals surface area contributed by atoms with Gasteiger partial charge in [0.25, 0.3) is 0 Å². The SMILES string of the molecule is C=CCC[C@@H](N)c1ccc(C)cc1F.Cl. The van der Waals surface area contributed by atoms with Crippen LogP contribution in [0.2, 0.25) is 0 Å². The second kappa shape index (κ2) is 6.59. The number of halogens is 2. The van der Waals surface area contributed by atoms with E-state index < -0.39 is 0 Å². The molecule has 15 heavy (non-hydrogen) atoms. The van der Waals surface area contributed by atoms with Crippen molar-refractivity contribution in [3.05, 3.63) is 47.8 Å². The quantitative estimate of drug-likeness (QED) is 0.786. The molecule has 1 aromatic carbocycles. The lowest BCUT2D eigenvalue weighted by Crippen LogP contribution is -2.11. The standard InChI is InChI=1S/C12H16FN.ClH/c1-3-4-5-12(14)10-7-6-9(2)8-11(10)13;/h3,6-8,12H,1,4-5,14H2,2H3;1H/t12-;/m1./s1. The molecule has 0 aliphatic carbocycles. The van der Waals surface area contributed by atoms with E-state index in [4.69, 9.17) is 5.73 Å². The van der Waals surface area contributed by atoms with Gasteiger partial charge in [-0.05, 0) is 31.4 Å². The average Bonchev–Trinajstić information content (AvgIpc) is 2.14. The summed E-state index contributed by atoms with van der Waals surface area (Å²) in [7, 11) is 0. The van der Waals surface area contributed by atoms with Gasteiger partial charge in [-0.2, -0.15) is 0 Å². The summed E-state index contributed by atoms with van der Waals surface area (Å²) < 4.78 is 13.4. The Balaban J connectivity index is 0.00000196. The summed E-state index contributed by atoms with van der Waals surface area (Å²) in [6, 6.07) is 4.93. The van der Waals surface area contributed by atoms with Crippen molar-refractivity contribution in [3.63, 3.8) is 0 Å². The first-order chi connectivity index (χ1) is 6.65. The Kier molecular flexibility index (Phi) is 6.21. The molecule has 0 bridgehead atoms. The molecule has 0 unspecified atom stereocenters. The van der Waals surface area contributed by atoms with Crippen LogP contribution in [-0.4, -0.2) is 0 Å². The van der Waals surface area contributed by atoms with E-state index in [1.807, 2.05) is 13.0 Å². The number of hydrogen-bond donors (Lipinski definition) is 1. The number of rotatable bonds is 4. The van der Waals surface area contributed by atoms with Crippen LogP contribution >= 0.6 is 12.4 Å². The molecule has 0 spiro atoms. The van der Waals surface area contributed by atoms with E-state index in [9.17, 15) is 4.39 Å². The van der Waals surface area contributed by atoms with E-state index in [0.717, 1.165) is 18.4 Å². The van der Waals surface area contributed by atoms with Gasteiger partial charge in [-0.15, -0.1) is 19.0 Å². The molecular weight excluding hydrogens is 213 g/mol. The fourth-order valence-corrected chi connectivity index (χ4v) is 1.39. The monoisotopic (exact) mass is 229 g/mol. The molecule has 0 aliphatic heterocycles. The zero-order valence-electron chi connectivity index (χ0n) is 8.87. The Morgan fingerprint density at radius 1 is 1.53 bits per heavy atom. The van der Waals surface area contributed by atoms with Gasteiger partial charge < -0.3 is 5.73 Å². The zero-order valence-corrected chi connectivity index (χ0v) is 9.69. The average molecular weight is 230 g/mol. The summed E-state index contributed by atoms with van der Waals surface area (Å²) in [5, 5.41) is 0. The minimum Gasteiger partial charge on any atom is -0.324 e. The maximum Gasteiger partial charge on any atom is 0.128 e. The smallest absolute Gasteiger partial charge is 0.128 e. The minimum absolute atomic E-state index is 0. The molecule has 0 aliphatic rings. The fraction of sp³-hybridized carbons (Fsp3) is 0.333. The Hall–Kier alpha value is -0.860. The van der Waals surface area contributed by atoms with E-state index in [1.54, 1.807) is 12.1 Å². The first-order valence-electron chi connectivity index (χ1n) is 4.77. The summed E-state index contributed by atoms with van der Waals surface area (Å²) in [6.45, 7) is 5.48. The van der Waals surface area contributed by atoms with E-state index in [-0.39, 0.29) is 24.3 Å². The van der Waals surface area contributed by atoms with Crippen LogP contribution in [0, 0.1) is 12.7 Å². The largest absolute Gasteiger partial charge is 0.324 e. The van der Waals surface area contributed by atoms with Crippen LogP contribution < -0.4 is 5.73 Å². The molecule has 0 aromatic heterocycles. The molecule has 0 saturated heterocycles. The molecule has 0 fully saturated rings. The number of hydrogen-bond acceptors (Lipinski definition) is 1. The molecule has 0 saturated carbocycles. The Labute approximate surface area is 96.6 Å². The van der Waals surface area contributed by atoms with Crippen molar-refractivity contribution >= 4 is 12.4 Å². The first kappa shape index (κ1) is 14.1. The van der Waals surface area contributed by atoms with Gasteiger partial charge in [0.2, 0.25) is 0 Å². The van der Waals surface area contributed by atoms with Crippen LogP contribution in [0.15, 0.2) is 30.9 Å². The van der Waals surface area contributed by atoms with E-state index in [2.05, 4.69) is 6.58 Å². The van der Waals surface area contributed by atoms with Gasteiger partial charge in [-0.1, -0.05) is 18.2 Å². The Morgan fingerprint density at radius 3 is 2.73 bits per heavy atom. The highest BCUT2D eigenvalue weighted by Crippen LogP contribution is 2.20. The topological polar surface area (TPSA) is 26.0 Å². The van der Waals surface area contributed by atoms with E-state index in [1.165, 1.54) is 6.07 Å². The molecule has 1 aromatic rings. The third kappa shape index (κ3) is 4.02. The lowest BCUT2D eigenvalue weighted by Gasteiger charge is -2.12. The third-order valence-corrected chi connectivity index (χ3v) is 2.24. The van der Waals surface area contributed by atoms with E-state index in [0.29, 0.717) is 5.56 Å². The molecule has 0 amide bonds. The number of benzene rings is 1. The van der Waals surface area contributed by atoms with Gasteiger partial charge in [0, 0.05) is 11.6 Å². The highest BCUT2D eigenvalue weighted by atomic mass is 35.5. The van der Waals surface area contributed by atoms with Crippen LogP contribution in [-0.2, 0) is 0 Å². The van der Waals surface area contributed by atoms with Crippen LogP contribution in [0.3, 0.4) is 0 Å². The molecule has 84 valence electrons. The Bertz CT molecular complexity index is 325. The van der Waals surface area contributed by atoms with Crippen molar-refractivity contribution in [2.24, 2.45) is 5.73 Å². The van der Waals surface area contributed by atoms with Gasteiger partial charge in [0.05, 0.1) is 0 Å². The van der Waals surface area contributed by atoms with Crippen molar-refractivity contribution in [1.29, 1.82) is 0 Å². The molecule has 2 N–H and O–H groups in total. The molecular formula is C12H17ClFN. The predicted octanol–water partition coefficient (Wildman–Crippen LogP) is 3.52. The summed E-state index contributed by atoms with van der Waals surface area (Å²) >= 11 is 0. The van der Waals surface area contributed by atoms with Crippen molar-refractivity contribution in [3.8, 4) is 0 Å². The summed E-state index contributed by atoms with van der Waals surface area (Å²) in [5.74, 6) is -0.207. The second-order valence-electron chi connectivity index (χ2n) is 3.50. The lowest BCUT2D eigenvalue weighted by atomic mass is 10.0. The van der Waals surface area contributed by atoms with Gasteiger partial charge in [-0.25, -0.2) is 4.39 Å². The number of aryl methyl sites for hydroxylation is 1. The van der Waals surface area contributed by atoms with Gasteiger partial charge in [-0.3, -0.25) is 0 Å². The van der Waals surface area contributed by atoms with Crippen molar-refractivity contribution in [2.75, 3.05) is 0 Å². The van der Waals surface area contributed by atoms with Gasteiger partial charge in [0.1, 0.15) is 5.82 Å². The third-order valence-electron chi connectivity index (χ3n) is 2.24. The maximum absolute atomic E-state index is 13.4. The highest BCUT2D eigenvalue weighted by molar-refractivity contribution is 5.85. The normalized spacial score (nSPS) is 11.7. The van der Waals surface area contributed by atoms with Crippen molar-refractivity contribution in [2.45, 2.75) is 25.8 Å². The molecule has 0 radical (unpaired) electrons.